The van der Waals surface area contributed by atoms with Gasteiger partial charge in [-0.05, 0) is 61.7 Å². The summed E-state index contributed by atoms with van der Waals surface area (Å²) < 4.78 is 5.67. The fraction of sp³-hybridized carbons (Fsp3) is 0.417. The summed E-state index contributed by atoms with van der Waals surface area (Å²) in [4.78, 5) is 24.9. The van der Waals surface area contributed by atoms with Crippen LogP contribution in [0.5, 0.6) is 5.75 Å². The van der Waals surface area contributed by atoms with Crippen molar-refractivity contribution in [2.45, 2.75) is 57.9 Å². The van der Waals surface area contributed by atoms with Crippen molar-refractivity contribution in [3.8, 4) is 5.75 Å². The molecule has 2 N–H and O–H groups in total. The normalized spacial score (nSPS) is 14.2. The number of benzene rings is 2. The fourth-order valence-corrected chi connectivity index (χ4v) is 3.49. The summed E-state index contributed by atoms with van der Waals surface area (Å²) >= 11 is 0. The van der Waals surface area contributed by atoms with E-state index in [1.165, 1.54) is 19.3 Å². The first-order valence-corrected chi connectivity index (χ1v) is 10.6. The number of ether oxygens (including phenoxy) is 1. The van der Waals surface area contributed by atoms with Crippen LogP contribution in [0.2, 0.25) is 0 Å². The second-order valence-electron chi connectivity index (χ2n) is 7.57. The molecule has 1 fully saturated rings. The third kappa shape index (κ3) is 6.34. The van der Waals surface area contributed by atoms with Crippen molar-refractivity contribution in [1.82, 2.24) is 5.32 Å². The van der Waals surface area contributed by atoms with Crippen LogP contribution in [-0.4, -0.2) is 24.5 Å². The fourth-order valence-electron chi connectivity index (χ4n) is 3.49. The zero-order valence-corrected chi connectivity index (χ0v) is 17.1. The van der Waals surface area contributed by atoms with E-state index in [4.69, 9.17) is 4.74 Å². The Morgan fingerprint density at radius 2 is 1.72 bits per heavy atom. The Bertz CT molecular complexity index is 811. The maximum Gasteiger partial charge on any atom is 0.255 e. The lowest BCUT2D eigenvalue weighted by molar-refractivity contribution is 0.0927. The maximum atomic E-state index is 12.5. The average molecular weight is 395 g/mol. The maximum absolute atomic E-state index is 12.5. The topological polar surface area (TPSA) is 67.4 Å². The number of carbonyl (C=O) groups excluding carboxylic acids is 2. The molecule has 3 rings (SSSR count). The van der Waals surface area contributed by atoms with Gasteiger partial charge in [-0.2, -0.15) is 0 Å². The Morgan fingerprint density at radius 3 is 2.45 bits per heavy atom. The number of hydrogen-bond acceptors (Lipinski definition) is 3. The van der Waals surface area contributed by atoms with Gasteiger partial charge in [-0.15, -0.1) is 0 Å². The van der Waals surface area contributed by atoms with Crippen molar-refractivity contribution in [3.63, 3.8) is 0 Å². The van der Waals surface area contributed by atoms with Crippen LogP contribution < -0.4 is 15.4 Å². The molecule has 154 valence electrons. The van der Waals surface area contributed by atoms with Crippen molar-refractivity contribution in [2.24, 2.45) is 0 Å². The molecule has 0 saturated heterocycles. The largest absolute Gasteiger partial charge is 0.494 e. The molecule has 2 aromatic carbocycles. The van der Waals surface area contributed by atoms with E-state index < -0.39 is 0 Å². The van der Waals surface area contributed by atoms with Crippen LogP contribution in [0.4, 0.5) is 5.69 Å². The summed E-state index contributed by atoms with van der Waals surface area (Å²) in [6.45, 7) is 2.75. The van der Waals surface area contributed by atoms with E-state index in [-0.39, 0.29) is 17.9 Å². The van der Waals surface area contributed by atoms with Crippen molar-refractivity contribution in [1.29, 1.82) is 0 Å². The number of hydrogen-bond donors (Lipinski definition) is 2. The van der Waals surface area contributed by atoms with Gasteiger partial charge in [-0.3, -0.25) is 9.59 Å². The Balaban J connectivity index is 1.55. The first-order valence-electron chi connectivity index (χ1n) is 10.6. The molecule has 1 aliphatic rings. The van der Waals surface area contributed by atoms with Gasteiger partial charge in [0.25, 0.3) is 11.8 Å². The van der Waals surface area contributed by atoms with Gasteiger partial charge in [0.1, 0.15) is 5.75 Å². The van der Waals surface area contributed by atoms with Crippen LogP contribution in [0.3, 0.4) is 0 Å². The highest BCUT2D eigenvalue weighted by atomic mass is 16.5. The SMILES string of the molecule is CCCCOc1cccc(C(=O)Nc2ccc(C(=O)NC3CCCCC3)cc2)c1. The molecule has 1 saturated carbocycles. The van der Waals surface area contributed by atoms with Crippen molar-refractivity contribution in [3.05, 3.63) is 59.7 Å². The van der Waals surface area contributed by atoms with E-state index >= 15 is 0 Å². The quantitative estimate of drug-likeness (QED) is 0.606. The molecule has 0 aliphatic heterocycles. The molecule has 0 aromatic heterocycles. The number of amides is 2. The van der Waals surface area contributed by atoms with Gasteiger partial charge in [-0.25, -0.2) is 0 Å². The Labute approximate surface area is 172 Å². The summed E-state index contributed by atoms with van der Waals surface area (Å²) in [7, 11) is 0. The van der Waals surface area contributed by atoms with E-state index in [1.54, 1.807) is 36.4 Å². The molecule has 0 atom stereocenters. The second kappa shape index (κ2) is 10.6. The van der Waals surface area contributed by atoms with Gasteiger partial charge >= 0.3 is 0 Å². The summed E-state index contributed by atoms with van der Waals surface area (Å²) in [6, 6.07) is 14.5. The van der Waals surface area contributed by atoms with Crippen LogP contribution in [0, 0.1) is 0 Å². The van der Waals surface area contributed by atoms with Crippen LogP contribution in [0.1, 0.15) is 72.6 Å². The molecule has 0 bridgehead atoms. The standard InChI is InChI=1S/C24H30N2O3/c1-2-3-16-29-22-11-7-8-19(17-22)24(28)26-21-14-12-18(13-15-21)23(27)25-20-9-5-4-6-10-20/h7-8,11-15,17,20H,2-6,9-10,16H2,1H3,(H,25,27)(H,26,28). The van der Waals surface area contributed by atoms with Gasteiger partial charge < -0.3 is 15.4 Å². The second-order valence-corrected chi connectivity index (χ2v) is 7.57. The molecule has 29 heavy (non-hydrogen) atoms. The van der Waals surface area contributed by atoms with Gasteiger partial charge in [0, 0.05) is 22.9 Å². The first kappa shape index (κ1) is 20.9. The molecular formula is C24H30N2O3. The van der Waals surface area contributed by atoms with Gasteiger partial charge in [0.05, 0.1) is 6.61 Å². The highest BCUT2D eigenvalue weighted by Crippen LogP contribution is 2.19. The van der Waals surface area contributed by atoms with Crippen molar-refractivity contribution < 1.29 is 14.3 Å². The van der Waals surface area contributed by atoms with Crippen LogP contribution in [0.15, 0.2) is 48.5 Å². The monoisotopic (exact) mass is 394 g/mol. The molecule has 1 aliphatic carbocycles. The Kier molecular flexibility index (Phi) is 7.68. The lowest BCUT2D eigenvalue weighted by Crippen LogP contribution is -2.36. The third-order valence-electron chi connectivity index (χ3n) is 5.21. The Hall–Kier alpha value is -2.82. The van der Waals surface area contributed by atoms with Crippen LogP contribution >= 0.6 is 0 Å². The summed E-state index contributed by atoms with van der Waals surface area (Å²) in [5.41, 5.74) is 1.81. The molecule has 0 unspecified atom stereocenters. The zero-order chi connectivity index (χ0) is 20.5. The molecule has 0 spiro atoms. The summed E-state index contributed by atoms with van der Waals surface area (Å²) in [5, 5.41) is 5.98. The summed E-state index contributed by atoms with van der Waals surface area (Å²) in [5.74, 6) is 0.442. The van der Waals surface area contributed by atoms with E-state index in [2.05, 4.69) is 17.6 Å². The van der Waals surface area contributed by atoms with E-state index in [0.717, 1.165) is 25.7 Å². The molecule has 0 heterocycles. The van der Waals surface area contributed by atoms with Crippen LogP contribution in [-0.2, 0) is 0 Å². The summed E-state index contributed by atoms with van der Waals surface area (Å²) in [6.07, 6.45) is 7.78. The number of nitrogens with one attached hydrogen (secondary N) is 2. The zero-order valence-electron chi connectivity index (χ0n) is 17.1. The number of anilines is 1. The first-order chi connectivity index (χ1) is 14.2. The highest BCUT2D eigenvalue weighted by molar-refractivity contribution is 6.04. The predicted octanol–water partition coefficient (Wildman–Crippen LogP) is 5.18. The number of unbranched alkanes of at least 4 members (excludes halogenated alkanes) is 1. The minimum atomic E-state index is -0.203. The molecule has 5 nitrogen and oxygen atoms in total. The minimum absolute atomic E-state index is 0.0493. The average Bonchev–Trinajstić information content (AvgIpc) is 2.75. The van der Waals surface area contributed by atoms with E-state index in [1.807, 2.05) is 12.1 Å². The molecule has 5 heteroatoms. The smallest absolute Gasteiger partial charge is 0.255 e. The number of carbonyl (C=O) groups is 2. The lowest BCUT2D eigenvalue weighted by Gasteiger charge is -2.22. The third-order valence-corrected chi connectivity index (χ3v) is 5.21. The molecule has 0 radical (unpaired) electrons. The van der Waals surface area contributed by atoms with E-state index in [0.29, 0.717) is 29.2 Å². The number of rotatable bonds is 8. The minimum Gasteiger partial charge on any atom is -0.494 e. The predicted molar refractivity (Wildman–Crippen MR) is 116 cm³/mol. The van der Waals surface area contributed by atoms with E-state index in [9.17, 15) is 9.59 Å². The highest BCUT2D eigenvalue weighted by Gasteiger charge is 2.16. The Morgan fingerprint density at radius 1 is 0.966 bits per heavy atom. The lowest BCUT2D eigenvalue weighted by atomic mass is 9.95. The van der Waals surface area contributed by atoms with Crippen molar-refractivity contribution >= 4 is 17.5 Å². The van der Waals surface area contributed by atoms with Gasteiger partial charge in [0.15, 0.2) is 0 Å². The van der Waals surface area contributed by atoms with Gasteiger partial charge in [0.2, 0.25) is 0 Å². The van der Waals surface area contributed by atoms with Gasteiger partial charge in [-0.1, -0.05) is 38.7 Å². The molecular weight excluding hydrogens is 364 g/mol. The van der Waals surface area contributed by atoms with Crippen molar-refractivity contribution in [2.75, 3.05) is 11.9 Å². The van der Waals surface area contributed by atoms with Crippen LogP contribution in [0.25, 0.3) is 0 Å². The molecule has 2 amide bonds. The molecule has 2 aromatic rings.